The van der Waals surface area contributed by atoms with E-state index in [-0.39, 0.29) is 16.5 Å². The van der Waals surface area contributed by atoms with Gasteiger partial charge in [0.2, 0.25) is 10.0 Å². The SMILES string of the molecule is CC[C@@H](CN1CCOCC1)NS(=O)(=O)c1ccc2c(c1)oc(=O)n2C. The molecule has 0 amide bonds. The van der Waals surface area contributed by atoms with Gasteiger partial charge in [0.25, 0.3) is 0 Å². The minimum absolute atomic E-state index is 0.0924. The van der Waals surface area contributed by atoms with E-state index in [0.717, 1.165) is 13.1 Å². The van der Waals surface area contributed by atoms with Crippen LogP contribution in [0.3, 0.4) is 0 Å². The van der Waals surface area contributed by atoms with Crippen LogP contribution in [0.2, 0.25) is 0 Å². The third kappa shape index (κ3) is 3.95. The van der Waals surface area contributed by atoms with Gasteiger partial charge in [-0.2, -0.15) is 0 Å². The van der Waals surface area contributed by atoms with Crippen molar-refractivity contribution >= 4 is 21.1 Å². The number of fused-ring (bicyclic) bond motifs is 1. The van der Waals surface area contributed by atoms with Gasteiger partial charge in [-0.05, 0) is 18.6 Å². The third-order valence-electron chi connectivity index (χ3n) is 4.47. The van der Waals surface area contributed by atoms with E-state index < -0.39 is 15.8 Å². The fourth-order valence-corrected chi connectivity index (χ4v) is 4.24. The molecule has 2 heterocycles. The number of benzene rings is 1. The van der Waals surface area contributed by atoms with Gasteiger partial charge >= 0.3 is 5.76 Å². The maximum Gasteiger partial charge on any atom is 0.419 e. The summed E-state index contributed by atoms with van der Waals surface area (Å²) in [5.41, 5.74) is 0.820. The quantitative estimate of drug-likeness (QED) is 0.798. The van der Waals surface area contributed by atoms with Gasteiger partial charge in [-0.15, -0.1) is 0 Å². The number of aromatic nitrogens is 1. The molecule has 1 aromatic heterocycles. The van der Waals surface area contributed by atoms with Gasteiger partial charge in [-0.3, -0.25) is 9.47 Å². The highest BCUT2D eigenvalue weighted by molar-refractivity contribution is 7.89. The highest BCUT2D eigenvalue weighted by atomic mass is 32.2. The molecule has 0 spiro atoms. The van der Waals surface area contributed by atoms with Crippen molar-refractivity contribution in [2.24, 2.45) is 7.05 Å². The Morgan fingerprint density at radius 1 is 1.28 bits per heavy atom. The Kier molecular flexibility index (Phi) is 5.28. The third-order valence-corrected chi connectivity index (χ3v) is 5.99. The lowest BCUT2D eigenvalue weighted by Crippen LogP contribution is -2.47. The highest BCUT2D eigenvalue weighted by Gasteiger charge is 2.23. The van der Waals surface area contributed by atoms with Gasteiger partial charge < -0.3 is 9.15 Å². The van der Waals surface area contributed by atoms with Crippen LogP contribution in [-0.2, 0) is 21.8 Å². The molecule has 1 fully saturated rings. The van der Waals surface area contributed by atoms with Gasteiger partial charge in [0, 0.05) is 38.8 Å². The summed E-state index contributed by atoms with van der Waals surface area (Å²) >= 11 is 0. The summed E-state index contributed by atoms with van der Waals surface area (Å²) in [5, 5.41) is 0. The second-order valence-electron chi connectivity index (χ2n) is 6.20. The van der Waals surface area contributed by atoms with E-state index in [1.807, 2.05) is 6.92 Å². The molecule has 9 heteroatoms. The van der Waals surface area contributed by atoms with Crippen LogP contribution in [0.5, 0.6) is 0 Å². The summed E-state index contributed by atoms with van der Waals surface area (Å²) in [6.07, 6.45) is 0.680. The normalized spacial score (nSPS) is 17.8. The largest absolute Gasteiger partial charge is 0.419 e. The van der Waals surface area contributed by atoms with Crippen molar-refractivity contribution in [1.29, 1.82) is 0 Å². The van der Waals surface area contributed by atoms with Crippen LogP contribution in [-0.4, -0.2) is 56.8 Å². The molecule has 3 rings (SSSR count). The summed E-state index contributed by atoms with van der Waals surface area (Å²) in [4.78, 5) is 13.8. The number of hydrogen-bond acceptors (Lipinski definition) is 6. The van der Waals surface area contributed by atoms with Crippen LogP contribution in [0.25, 0.3) is 11.1 Å². The molecule has 0 unspecified atom stereocenters. The van der Waals surface area contributed by atoms with Crippen molar-refractivity contribution < 1.29 is 17.6 Å². The zero-order valence-electron chi connectivity index (χ0n) is 14.4. The molecule has 1 atom stereocenters. The molecule has 0 saturated carbocycles. The Bertz CT molecular complexity index is 896. The maximum absolute atomic E-state index is 12.7. The summed E-state index contributed by atoms with van der Waals surface area (Å²) in [7, 11) is -2.12. The van der Waals surface area contributed by atoms with Crippen LogP contribution in [0.1, 0.15) is 13.3 Å². The number of sulfonamides is 1. The molecule has 8 nitrogen and oxygen atoms in total. The van der Waals surface area contributed by atoms with E-state index in [1.54, 1.807) is 13.1 Å². The van der Waals surface area contributed by atoms with E-state index in [2.05, 4.69) is 9.62 Å². The van der Waals surface area contributed by atoms with E-state index in [1.165, 1.54) is 16.7 Å². The predicted molar refractivity (Wildman–Crippen MR) is 93.1 cm³/mol. The van der Waals surface area contributed by atoms with Gasteiger partial charge in [-0.25, -0.2) is 17.9 Å². The fourth-order valence-electron chi connectivity index (χ4n) is 2.91. The van der Waals surface area contributed by atoms with Gasteiger partial charge in [0.15, 0.2) is 5.58 Å². The maximum atomic E-state index is 12.7. The molecule has 2 aromatic rings. The summed E-state index contributed by atoms with van der Waals surface area (Å²) < 4.78 is 39.9. The fraction of sp³-hybridized carbons (Fsp3) is 0.562. The number of aryl methyl sites for hydroxylation is 1. The second kappa shape index (κ2) is 7.28. The average Bonchev–Trinajstić information content (AvgIpc) is 2.89. The molecule has 138 valence electrons. The molecule has 0 radical (unpaired) electrons. The van der Waals surface area contributed by atoms with Crippen LogP contribution >= 0.6 is 0 Å². The van der Waals surface area contributed by atoms with Gasteiger partial charge in [-0.1, -0.05) is 6.92 Å². The first-order valence-corrected chi connectivity index (χ1v) is 9.81. The van der Waals surface area contributed by atoms with Crippen LogP contribution in [0, 0.1) is 0 Å². The first kappa shape index (κ1) is 18.1. The molecule has 1 saturated heterocycles. The Hall–Kier alpha value is -1.68. The number of rotatable bonds is 6. The number of ether oxygens (including phenoxy) is 1. The number of oxazole rings is 1. The zero-order valence-corrected chi connectivity index (χ0v) is 15.2. The molecule has 0 aliphatic carbocycles. The minimum atomic E-state index is -3.70. The monoisotopic (exact) mass is 369 g/mol. The number of hydrogen-bond donors (Lipinski definition) is 1. The topological polar surface area (TPSA) is 93.8 Å². The van der Waals surface area contributed by atoms with Crippen molar-refractivity contribution in [2.45, 2.75) is 24.3 Å². The van der Waals surface area contributed by atoms with E-state index in [9.17, 15) is 13.2 Å². The summed E-state index contributed by atoms with van der Waals surface area (Å²) in [6.45, 7) is 5.55. The standard InChI is InChI=1S/C16H23N3O5S/c1-3-12(11-19-6-8-23-9-7-19)17-25(21,22)13-4-5-14-15(10-13)24-16(20)18(14)2/h4-5,10,12,17H,3,6-9,11H2,1-2H3/t12-/m0/s1. The van der Waals surface area contributed by atoms with E-state index >= 15 is 0 Å². The van der Waals surface area contributed by atoms with Crippen molar-refractivity contribution in [1.82, 2.24) is 14.2 Å². The number of morpholine rings is 1. The van der Waals surface area contributed by atoms with Crippen LogP contribution < -0.4 is 10.5 Å². The zero-order chi connectivity index (χ0) is 18.0. The summed E-state index contributed by atoms with van der Waals surface area (Å²) in [5.74, 6) is -0.517. The Balaban J connectivity index is 1.78. The smallest absolute Gasteiger partial charge is 0.408 e. The van der Waals surface area contributed by atoms with Crippen LogP contribution in [0.15, 0.2) is 32.3 Å². The van der Waals surface area contributed by atoms with Crippen molar-refractivity contribution in [3.63, 3.8) is 0 Å². The minimum Gasteiger partial charge on any atom is -0.408 e. The Morgan fingerprint density at radius 2 is 2.00 bits per heavy atom. The number of nitrogens with one attached hydrogen (secondary N) is 1. The molecular weight excluding hydrogens is 346 g/mol. The molecule has 25 heavy (non-hydrogen) atoms. The van der Waals surface area contributed by atoms with Gasteiger partial charge in [0.05, 0.1) is 23.6 Å². The van der Waals surface area contributed by atoms with Crippen molar-refractivity contribution in [3.8, 4) is 0 Å². The Morgan fingerprint density at radius 3 is 2.68 bits per heavy atom. The van der Waals surface area contributed by atoms with Gasteiger partial charge in [0.1, 0.15) is 0 Å². The number of nitrogens with zero attached hydrogens (tertiary/aromatic N) is 2. The predicted octanol–water partition coefficient (Wildman–Crippen LogP) is 0.521. The van der Waals surface area contributed by atoms with Crippen molar-refractivity contribution in [2.75, 3.05) is 32.8 Å². The lowest BCUT2D eigenvalue weighted by atomic mass is 10.2. The lowest BCUT2D eigenvalue weighted by Gasteiger charge is -2.30. The summed E-state index contributed by atoms with van der Waals surface area (Å²) in [6, 6.07) is 4.26. The molecular formula is C16H23N3O5S. The first-order valence-electron chi connectivity index (χ1n) is 8.32. The second-order valence-corrected chi connectivity index (χ2v) is 7.91. The molecule has 1 aromatic carbocycles. The first-order chi connectivity index (χ1) is 11.9. The molecule has 1 aliphatic rings. The van der Waals surface area contributed by atoms with Crippen LogP contribution in [0.4, 0.5) is 0 Å². The average molecular weight is 369 g/mol. The van der Waals surface area contributed by atoms with Crippen molar-refractivity contribution in [3.05, 3.63) is 28.7 Å². The molecule has 1 aliphatic heterocycles. The lowest BCUT2D eigenvalue weighted by molar-refractivity contribution is 0.0344. The van der Waals surface area contributed by atoms with E-state index in [4.69, 9.17) is 9.15 Å². The molecule has 1 N–H and O–H groups in total. The van der Waals surface area contributed by atoms with E-state index in [0.29, 0.717) is 31.7 Å². The molecule has 0 bridgehead atoms. The highest BCUT2D eigenvalue weighted by Crippen LogP contribution is 2.18. The Labute approximate surface area is 146 Å².